The minimum atomic E-state index is -0.0813. The van der Waals surface area contributed by atoms with Crippen molar-refractivity contribution < 1.29 is 4.39 Å². The summed E-state index contributed by atoms with van der Waals surface area (Å²) in [4.78, 5) is 0. The molecule has 2 bridgehead atoms. The standard InChI is InChI=1S/C16H20FN/c17-16-4-2-1-3-13(16)7-8-18-11-15-10-12-5-6-14(15)9-12/h1-6,12,14-15,18H,7-11H2. The number of halogens is 1. The third-order valence-electron chi connectivity index (χ3n) is 4.35. The smallest absolute Gasteiger partial charge is 0.126 e. The molecule has 3 unspecified atom stereocenters. The molecule has 1 fully saturated rings. The van der Waals surface area contributed by atoms with Crippen LogP contribution in [0.3, 0.4) is 0 Å². The van der Waals surface area contributed by atoms with E-state index in [4.69, 9.17) is 0 Å². The summed E-state index contributed by atoms with van der Waals surface area (Å²) in [6.45, 7) is 1.96. The lowest BCUT2D eigenvalue weighted by Crippen LogP contribution is -2.27. The summed E-state index contributed by atoms with van der Waals surface area (Å²) in [6.07, 6.45) is 8.24. The van der Waals surface area contributed by atoms with E-state index in [1.165, 1.54) is 18.9 Å². The number of fused-ring (bicyclic) bond motifs is 2. The van der Waals surface area contributed by atoms with Gasteiger partial charge in [-0.1, -0.05) is 30.4 Å². The van der Waals surface area contributed by atoms with E-state index in [1.807, 2.05) is 12.1 Å². The van der Waals surface area contributed by atoms with Gasteiger partial charge in [-0.05, 0) is 61.7 Å². The number of allylic oxidation sites excluding steroid dienone is 2. The molecule has 0 aromatic heterocycles. The predicted molar refractivity (Wildman–Crippen MR) is 71.8 cm³/mol. The number of hydrogen-bond acceptors (Lipinski definition) is 1. The maximum Gasteiger partial charge on any atom is 0.126 e. The highest BCUT2D eigenvalue weighted by Crippen LogP contribution is 2.42. The van der Waals surface area contributed by atoms with Crippen LogP contribution in [0.5, 0.6) is 0 Å². The maximum absolute atomic E-state index is 13.4. The Labute approximate surface area is 108 Å². The summed E-state index contributed by atoms with van der Waals surface area (Å²) < 4.78 is 13.4. The van der Waals surface area contributed by atoms with Crippen molar-refractivity contribution in [1.29, 1.82) is 0 Å². The summed E-state index contributed by atoms with van der Waals surface area (Å²) in [5.41, 5.74) is 0.817. The number of nitrogens with one attached hydrogen (secondary N) is 1. The largest absolute Gasteiger partial charge is 0.316 e. The van der Waals surface area contributed by atoms with Crippen molar-refractivity contribution in [2.24, 2.45) is 17.8 Å². The van der Waals surface area contributed by atoms with Crippen LogP contribution in [0.25, 0.3) is 0 Å². The van der Waals surface area contributed by atoms with Crippen LogP contribution in [0.4, 0.5) is 4.39 Å². The maximum atomic E-state index is 13.4. The lowest BCUT2D eigenvalue weighted by atomic mass is 9.93. The summed E-state index contributed by atoms with van der Waals surface area (Å²) >= 11 is 0. The van der Waals surface area contributed by atoms with Gasteiger partial charge in [0, 0.05) is 0 Å². The van der Waals surface area contributed by atoms with Crippen molar-refractivity contribution in [3.63, 3.8) is 0 Å². The van der Waals surface area contributed by atoms with Gasteiger partial charge in [0.05, 0.1) is 0 Å². The Hall–Kier alpha value is -1.15. The van der Waals surface area contributed by atoms with Crippen molar-refractivity contribution in [3.8, 4) is 0 Å². The van der Waals surface area contributed by atoms with Crippen molar-refractivity contribution in [2.75, 3.05) is 13.1 Å². The zero-order valence-electron chi connectivity index (χ0n) is 10.6. The van der Waals surface area contributed by atoms with Gasteiger partial charge >= 0.3 is 0 Å². The number of rotatable bonds is 5. The van der Waals surface area contributed by atoms with Crippen LogP contribution < -0.4 is 5.32 Å². The molecule has 1 N–H and O–H groups in total. The monoisotopic (exact) mass is 245 g/mol. The molecule has 96 valence electrons. The van der Waals surface area contributed by atoms with Gasteiger partial charge in [-0.15, -0.1) is 0 Å². The first-order valence-electron chi connectivity index (χ1n) is 6.95. The van der Waals surface area contributed by atoms with Crippen LogP contribution in [-0.2, 0) is 6.42 Å². The van der Waals surface area contributed by atoms with Gasteiger partial charge in [-0.3, -0.25) is 0 Å². The first-order chi connectivity index (χ1) is 8.83. The molecule has 3 atom stereocenters. The van der Waals surface area contributed by atoms with E-state index in [0.29, 0.717) is 0 Å². The number of benzene rings is 1. The summed E-state index contributed by atoms with van der Waals surface area (Å²) in [7, 11) is 0. The summed E-state index contributed by atoms with van der Waals surface area (Å²) in [5, 5.41) is 3.49. The Kier molecular flexibility index (Phi) is 3.46. The third kappa shape index (κ3) is 2.49. The summed E-state index contributed by atoms with van der Waals surface area (Å²) in [6, 6.07) is 7.06. The van der Waals surface area contributed by atoms with Gasteiger partial charge in [0.2, 0.25) is 0 Å². The fourth-order valence-corrected chi connectivity index (χ4v) is 3.34. The van der Waals surface area contributed by atoms with E-state index in [1.54, 1.807) is 6.07 Å². The van der Waals surface area contributed by atoms with Crippen LogP contribution in [0, 0.1) is 23.6 Å². The van der Waals surface area contributed by atoms with Crippen LogP contribution in [0.15, 0.2) is 36.4 Å². The Morgan fingerprint density at radius 1 is 1.17 bits per heavy atom. The van der Waals surface area contributed by atoms with Crippen LogP contribution in [0.1, 0.15) is 18.4 Å². The lowest BCUT2D eigenvalue weighted by Gasteiger charge is -2.18. The quantitative estimate of drug-likeness (QED) is 0.620. The minimum absolute atomic E-state index is 0.0813. The molecule has 2 aliphatic rings. The molecule has 2 aliphatic carbocycles. The Balaban J connectivity index is 1.41. The average Bonchev–Trinajstić information content (AvgIpc) is 2.99. The zero-order valence-corrected chi connectivity index (χ0v) is 10.6. The van der Waals surface area contributed by atoms with E-state index >= 15 is 0 Å². The second-order valence-electron chi connectivity index (χ2n) is 5.59. The zero-order chi connectivity index (χ0) is 12.4. The Morgan fingerprint density at radius 3 is 2.78 bits per heavy atom. The number of hydrogen-bond donors (Lipinski definition) is 1. The van der Waals surface area contributed by atoms with Crippen molar-refractivity contribution >= 4 is 0 Å². The second-order valence-corrected chi connectivity index (χ2v) is 5.59. The molecule has 0 aliphatic heterocycles. The molecule has 2 heteroatoms. The molecule has 0 amide bonds. The van der Waals surface area contributed by atoms with Crippen LogP contribution in [-0.4, -0.2) is 13.1 Å². The topological polar surface area (TPSA) is 12.0 Å². The van der Waals surface area contributed by atoms with Crippen molar-refractivity contribution in [1.82, 2.24) is 5.32 Å². The highest BCUT2D eigenvalue weighted by Gasteiger charge is 2.34. The SMILES string of the molecule is Fc1ccccc1CCNCC1CC2C=CC1C2. The molecule has 0 radical (unpaired) electrons. The van der Waals surface area contributed by atoms with E-state index in [0.717, 1.165) is 42.8 Å². The second kappa shape index (κ2) is 5.23. The highest BCUT2D eigenvalue weighted by molar-refractivity contribution is 5.17. The van der Waals surface area contributed by atoms with Crippen LogP contribution in [0.2, 0.25) is 0 Å². The Morgan fingerprint density at radius 2 is 2.06 bits per heavy atom. The molecular weight excluding hydrogens is 225 g/mol. The van der Waals surface area contributed by atoms with Gasteiger partial charge < -0.3 is 5.32 Å². The molecule has 0 saturated heterocycles. The van der Waals surface area contributed by atoms with E-state index in [2.05, 4.69) is 17.5 Å². The molecule has 1 aromatic carbocycles. The van der Waals surface area contributed by atoms with Gasteiger partial charge in [0.25, 0.3) is 0 Å². The highest BCUT2D eigenvalue weighted by atomic mass is 19.1. The first-order valence-corrected chi connectivity index (χ1v) is 6.95. The van der Waals surface area contributed by atoms with E-state index < -0.39 is 0 Å². The van der Waals surface area contributed by atoms with Crippen molar-refractivity contribution in [2.45, 2.75) is 19.3 Å². The van der Waals surface area contributed by atoms with Gasteiger partial charge in [-0.2, -0.15) is 0 Å². The molecule has 0 spiro atoms. The normalized spacial score (nSPS) is 29.1. The van der Waals surface area contributed by atoms with Gasteiger partial charge in [0.15, 0.2) is 0 Å². The molecule has 1 saturated carbocycles. The molecule has 1 nitrogen and oxygen atoms in total. The minimum Gasteiger partial charge on any atom is -0.316 e. The average molecular weight is 245 g/mol. The van der Waals surface area contributed by atoms with Gasteiger partial charge in [-0.25, -0.2) is 4.39 Å². The summed E-state index contributed by atoms with van der Waals surface area (Å²) in [5.74, 6) is 2.37. The fourth-order valence-electron chi connectivity index (χ4n) is 3.34. The molecule has 1 aromatic rings. The first kappa shape index (κ1) is 11.9. The fraction of sp³-hybridized carbons (Fsp3) is 0.500. The molecule has 3 rings (SSSR count). The lowest BCUT2D eigenvalue weighted by molar-refractivity contribution is 0.415. The predicted octanol–water partition coefficient (Wildman–Crippen LogP) is 3.17. The van der Waals surface area contributed by atoms with E-state index in [9.17, 15) is 4.39 Å². The van der Waals surface area contributed by atoms with E-state index in [-0.39, 0.29) is 5.82 Å². The molecular formula is C16H20FN. The Bertz CT molecular complexity index is 440. The molecule has 0 heterocycles. The van der Waals surface area contributed by atoms with Gasteiger partial charge in [0.1, 0.15) is 5.82 Å². The third-order valence-corrected chi connectivity index (χ3v) is 4.35. The van der Waals surface area contributed by atoms with Crippen LogP contribution >= 0.6 is 0 Å². The van der Waals surface area contributed by atoms with Crippen molar-refractivity contribution in [3.05, 3.63) is 47.8 Å². The molecule has 18 heavy (non-hydrogen) atoms.